The largest absolute Gasteiger partial charge is 0.508 e. The van der Waals surface area contributed by atoms with Crippen molar-refractivity contribution in [2.45, 2.75) is 58.7 Å². The van der Waals surface area contributed by atoms with Gasteiger partial charge in [-0.1, -0.05) is 71.8 Å². The van der Waals surface area contributed by atoms with Crippen molar-refractivity contribution in [3.05, 3.63) is 107 Å². The maximum absolute atomic E-state index is 14.4. The van der Waals surface area contributed by atoms with E-state index in [0.29, 0.717) is 16.8 Å². The molecule has 45 heavy (non-hydrogen) atoms. The van der Waals surface area contributed by atoms with Crippen LogP contribution in [0.4, 0.5) is 10.5 Å². The molecule has 0 aliphatic rings. The van der Waals surface area contributed by atoms with E-state index >= 15 is 0 Å². The molecule has 0 saturated carbocycles. The van der Waals surface area contributed by atoms with Crippen LogP contribution in [0.5, 0.6) is 5.75 Å². The average molecular weight is 607 g/mol. The number of fused-ring (bicyclic) bond motifs is 1. The van der Waals surface area contributed by atoms with Gasteiger partial charge in [0.2, 0.25) is 5.91 Å². The van der Waals surface area contributed by atoms with Gasteiger partial charge >= 0.3 is 6.09 Å². The quantitative estimate of drug-likeness (QED) is 0.191. The van der Waals surface area contributed by atoms with E-state index in [1.165, 1.54) is 17.0 Å². The normalized spacial score (nSPS) is 12.4. The summed E-state index contributed by atoms with van der Waals surface area (Å²) in [6, 6.07) is 24.7. The molecule has 2 atom stereocenters. The molecule has 9 nitrogen and oxygen atoms in total. The smallest absolute Gasteiger partial charge is 0.408 e. The summed E-state index contributed by atoms with van der Waals surface area (Å²) < 4.78 is 5.45. The van der Waals surface area contributed by atoms with E-state index in [4.69, 9.17) is 4.74 Å². The van der Waals surface area contributed by atoms with E-state index in [1.807, 2.05) is 74.5 Å². The molecule has 3 amide bonds. The van der Waals surface area contributed by atoms with Crippen LogP contribution in [0.15, 0.2) is 84.9 Å². The summed E-state index contributed by atoms with van der Waals surface area (Å²) in [4.78, 5) is 42.7. The second-order valence-electron chi connectivity index (χ2n) is 12.1. The van der Waals surface area contributed by atoms with Crippen LogP contribution in [-0.4, -0.2) is 46.1 Å². The molecule has 4 aromatic rings. The molecule has 4 rings (SSSR count). The van der Waals surface area contributed by atoms with Gasteiger partial charge in [0, 0.05) is 12.1 Å². The van der Waals surface area contributed by atoms with Gasteiger partial charge in [-0.25, -0.2) is 4.79 Å². The zero-order valence-electron chi connectivity index (χ0n) is 26.1. The average Bonchev–Trinajstić information content (AvgIpc) is 2.96. The number of amides is 3. The van der Waals surface area contributed by atoms with Crippen LogP contribution in [0, 0.1) is 25.2 Å². The predicted molar refractivity (Wildman–Crippen MR) is 174 cm³/mol. The van der Waals surface area contributed by atoms with Gasteiger partial charge in [0.15, 0.2) is 0 Å². The maximum atomic E-state index is 14.4. The third-order valence-electron chi connectivity index (χ3n) is 7.03. The van der Waals surface area contributed by atoms with Crippen molar-refractivity contribution >= 4 is 34.4 Å². The van der Waals surface area contributed by atoms with E-state index in [-0.39, 0.29) is 12.2 Å². The third kappa shape index (κ3) is 8.83. The minimum Gasteiger partial charge on any atom is -0.508 e. The number of anilines is 1. The highest BCUT2D eigenvalue weighted by Crippen LogP contribution is 2.28. The highest BCUT2D eigenvalue weighted by molar-refractivity contribution is 6.00. The number of carbonyl (C=O) groups excluding carboxylic acids is 3. The van der Waals surface area contributed by atoms with Crippen LogP contribution in [-0.2, 0) is 20.7 Å². The Morgan fingerprint density at radius 3 is 2.18 bits per heavy atom. The SMILES string of the molecule is Cc1cc(C)cc(C(C(=O)Nc2ccc3ccccc3c2)N(CC#N)C(=O)C(Cc2ccc(O)cc2)NC(=O)OC(C)(C)C)c1. The number of aryl methyl sites for hydroxylation is 2. The van der Waals surface area contributed by atoms with Crippen molar-refractivity contribution < 1.29 is 24.2 Å². The molecule has 0 saturated heterocycles. The van der Waals surface area contributed by atoms with Gasteiger partial charge in [-0.15, -0.1) is 0 Å². The molecule has 0 heterocycles. The van der Waals surface area contributed by atoms with Gasteiger partial charge in [0.05, 0.1) is 6.07 Å². The van der Waals surface area contributed by atoms with Crippen LogP contribution >= 0.6 is 0 Å². The molecular formula is C36H38N4O5. The second-order valence-corrected chi connectivity index (χ2v) is 12.1. The van der Waals surface area contributed by atoms with Crippen LogP contribution < -0.4 is 10.6 Å². The Labute approximate surface area is 263 Å². The highest BCUT2D eigenvalue weighted by Gasteiger charge is 2.37. The molecule has 0 aliphatic heterocycles. The molecule has 0 radical (unpaired) electrons. The summed E-state index contributed by atoms with van der Waals surface area (Å²) in [7, 11) is 0. The van der Waals surface area contributed by atoms with Gasteiger partial charge in [-0.2, -0.15) is 5.26 Å². The van der Waals surface area contributed by atoms with Crippen molar-refractivity contribution in [1.29, 1.82) is 5.26 Å². The van der Waals surface area contributed by atoms with Crippen molar-refractivity contribution in [2.24, 2.45) is 0 Å². The molecule has 9 heteroatoms. The number of hydrogen-bond donors (Lipinski definition) is 3. The minimum atomic E-state index is -1.20. The third-order valence-corrected chi connectivity index (χ3v) is 7.03. The lowest BCUT2D eigenvalue weighted by atomic mass is 9.97. The van der Waals surface area contributed by atoms with E-state index in [0.717, 1.165) is 21.9 Å². The van der Waals surface area contributed by atoms with E-state index in [2.05, 4.69) is 10.6 Å². The zero-order valence-corrected chi connectivity index (χ0v) is 26.1. The fraction of sp³-hybridized carbons (Fsp3) is 0.278. The summed E-state index contributed by atoms with van der Waals surface area (Å²) >= 11 is 0. The van der Waals surface area contributed by atoms with Gasteiger partial charge in [0.25, 0.3) is 5.91 Å². The number of nitriles is 1. The molecule has 0 fully saturated rings. The summed E-state index contributed by atoms with van der Waals surface area (Å²) in [5.74, 6) is -1.11. The first-order chi connectivity index (χ1) is 21.3. The molecule has 0 bridgehead atoms. The number of phenols is 1. The van der Waals surface area contributed by atoms with E-state index in [9.17, 15) is 24.8 Å². The molecule has 0 aromatic heterocycles. The molecule has 4 aromatic carbocycles. The monoisotopic (exact) mass is 606 g/mol. The lowest BCUT2D eigenvalue weighted by Crippen LogP contribution is -2.53. The lowest BCUT2D eigenvalue weighted by molar-refractivity contribution is -0.140. The molecule has 2 unspecified atom stereocenters. The number of aromatic hydroxyl groups is 1. The van der Waals surface area contributed by atoms with Crippen LogP contribution in [0.2, 0.25) is 0 Å². The number of rotatable bonds is 9. The first kappa shape index (κ1) is 32.6. The number of carbonyl (C=O) groups is 3. The Balaban J connectivity index is 1.76. The van der Waals surface area contributed by atoms with Gasteiger partial charge in [-0.3, -0.25) is 9.59 Å². The molecule has 0 aliphatic carbocycles. The number of hydrogen-bond acceptors (Lipinski definition) is 6. The van der Waals surface area contributed by atoms with Crippen LogP contribution in [0.25, 0.3) is 10.8 Å². The van der Waals surface area contributed by atoms with Gasteiger partial charge in [0.1, 0.15) is 30.0 Å². The number of alkyl carbamates (subject to hydrolysis) is 1. The maximum Gasteiger partial charge on any atom is 0.408 e. The molecule has 3 N–H and O–H groups in total. The van der Waals surface area contributed by atoms with Crippen molar-refractivity contribution in [3.8, 4) is 11.8 Å². The van der Waals surface area contributed by atoms with Crippen molar-refractivity contribution in [3.63, 3.8) is 0 Å². The minimum absolute atomic E-state index is 0.0200. The topological polar surface area (TPSA) is 132 Å². The summed E-state index contributed by atoms with van der Waals surface area (Å²) in [5.41, 5.74) is 2.63. The van der Waals surface area contributed by atoms with Crippen molar-refractivity contribution in [2.75, 3.05) is 11.9 Å². The number of ether oxygens (including phenoxy) is 1. The van der Waals surface area contributed by atoms with Gasteiger partial charge in [-0.05, 0) is 80.8 Å². The van der Waals surface area contributed by atoms with Crippen LogP contribution in [0.1, 0.15) is 49.1 Å². The fourth-order valence-electron chi connectivity index (χ4n) is 5.21. The molecule has 232 valence electrons. The van der Waals surface area contributed by atoms with E-state index < -0.39 is 42.1 Å². The first-order valence-electron chi connectivity index (χ1n) is 14.7. The Kier molecular flexibility index (Phi) is 10.1. The number of nitrogens with zero attached hydrogens (tertiary/aromatic N) is 2. The highest BCUT2D eigenvalue weighted by atomic mass is 16.6. The number of benzene rings is 4. The zero-order chi connectivity index (χ0) is 32.7. The standard InChI is InChI=1S/C36H38N4O5/c1-23-18-24(2)20-28(19-23)32(33(42)38-29-13-12-26-8-6-7-9-27(26)22-29)40(17-16-37)34(43)31(39-35(44)45-36(3,4)5)21-25-10-14-30(41)15-11-25/h6-15,18-20,22,31-32,41H,17,21H2,1-5H3,(H,38,42)(H,39,44). The Morgan fingerprint density at radius 1 is 0.911 bits per heavy atom. The number of phenolic OH excluding ortho intramolecular Hbond substituents is 1. The summed E-state index contributed by atoms with van der Waals surface area (Å²) in [6.45, 7) is 8.48. The van der Waals surface area contributed by atoms with Crippen molar-refractivity contribution in [1.82, 2.24) is 10.2 Å². The summed E-state index contributed by atoms with van der Waals surface area (Å²) in [5, 5.41) is 27.2. The Hall–Kier alpha value is -5.36. The summed E-state index contributed by atoms with van der Waals surface area (Å²) in [6.07, 6.45) is -0.799. The first-order valence-corrected chi connectivity index (χ1v) is 14.7. The fourth-order valence-corrected chi connectivity index (χ4v) is 5.21. The molecule has 0 spiro atoms. The molecular weight excluding hydrogens is 568 g/mol. The lowest BCUT2D eigenvalue weighted by Gasteiger charge is -2.33. The predicted octanol–water partition coefficient (Wildman–Crippen LogP) is 6.33. The Morgan fingerprint density at radius 2 is 1.56 bits per heavy atom. The van der Waals surface area contributed by atoms with E-state index in [1.54, 1.807) is 39.0 Å². The Bertz CT molecular complexity index is 1720. The van der Waals surface area contributed by atoms with Crippen LogP contribution in [0.3, 0.4) is 0 Å². The van der Waals surface area contributed by atoms with Gasteiger partial charge < -0.3 is 25.4 Å². The second kappa shape index (κ2) is 14.0. The number of nitrogens with one attached hydrogen (secondary N) is 2.